The molecule has 0 saturated carbocycles. The number of halogens is 1. The molecule has 0 unspecified atom stereocenters. The molecule has 0 bridgehead atoms. The molecule has 0 aliphatic rings. The topological polar surface area (TPSA) is 52.0 Å². The Morgan fingerprint density at radius 2 is 1.75 bits per heavy atom. The van der Waals surface area contributed by atoms with Gasteiger partial charge < -0.3 is 10.3 Å². The summed E-state index contributed by atoms with van der Waals surface area (Å²) >= 11 is 0. The fraction of sp³-hybridized carbons (Fsp3) is 0.0625. The van der Waals surface area contributed by atoms with E-state index in [1.54, 1.807) is 18.2 Å². The van der Waals surface area contributed by atoms with Crippen molar-refractivity contribution in [2.45, 2.75) is 6.92 Å². The average Bonchev–Trinajstić information content (AvgIpc) is 2.82. The smallest absolute Gasteiger partial charge is 0.230 e. The quantitative estimate of drug-likeness (QED) is 0.763. The van der Waals surface area contributed by atoms with E-state index in [-0.39, 0.29) is 11.7 Å². The lowest BCUT2D eigenvalue weighted by atomic mass is 10.00. The van der Waals surface area contributed by atoms with Crippen LogP contribution in [-0.2, 0) is 0 Å². The summed E-state index contributed by atoms with van der Waals surface area (Å²) in [6, 6.07) is 14.2. The fourth-order valence-electron chi connectivity index (χ4n) is 2.14. The van der Waals surface area contributed by atoms with E-state index in [2.05, 4.69) is 5.16 Å². The van der Waals surface area contributed by atoms with Crippen LogP contribution in [0.25, 0.3) is 22.4 Å². The minimum atomic E-state index is -0.353. The van der Waals surface area contributed by atoms with Gasteiger partial charge in [0.25, 0.3) is 0 Å². The van der Waals surface area contributed by atoms with Gasteiger partial charge in [0.05, 0.1) is 5.56 Å². The van der Waals surface area contributed by atoms with Gasteiger partial charge in [0.1, 0.15) is 11.5 Å². The summed E-state index contributed by atoms with van der Waals surface area (Å²) in [6.45, 7) is 2.00. The molecule has 20 heavy (non-hydrogen) atoms. The molecule has 1 heterocycles. The Labute approximate surface area is 115 Å². The van der Waals surface area contributed by atoms with Gasteiger partial charge in [0.15, 0.2) is 0 Å². The molecule has 2 N–H and O–H groups in total. The van der Waals surface area contributed by atoms with Gasteiger partial charge in [0, 0.05) is 5.56 Å². The molecule has 0 atom stereocenters. The maximum Gasteiger partial charge on any atom is 0.230 e. The molecule has 3 aromatic rings. The number of anilines is 1. The summed E-state index contributed by atoms with van der Waals surface area (Å²) in [6.07, 6.45) is 0. The second-order valence-electron chi connectivity index (χ2n) is 4.62. The van der Waals surface area contributed by atoms with E-state index >= 15 is 0 Å². The van der Waals surface area contributed by atoms with Crippen LogP contribution >= 0.6 is 0 Å². The van der Waals surface area contributed by atoms with Gasteiger partial charge in [-0.2, -0.15) is 0 Å². The predicted octanol–water partition coefficient (Wildman–Crippen LogP) is 4.04. The number of nitrogens with zero attached hydrogens (tertiary/aromatic N) is 1. The number of benzene rings is 2. The average molecular weight is 268 g/mol. The molecule has 0 amide bonds. The number of rotatable bonds is 2. The second-order valence-corrected chi connectivity index (χ2v) is 4.62. The summed E-state index contributed by atoms with van der Waals surface area (Å²) in [5, 5.41) is 3.91. The largest absolute Gasteiger partial charge is 0.367 e. The number of hydrogen-bond donors (Lipinski definition) is 1. The highest BCUT2D eigenvalue weighted by atomic mass is 19.1. The highest BCUT2D eigenvalue weighted by Gasteiger charge is 2.19. The number of hydrogen-bond acceptors (Lipinski definition) is 3. The van der Waals surface area contributed by atoms with Crippen molar-refractivity contribution < 1.29 is 8.91 Å². The molecule has 100 valence electrons. The van der Waals surface area contributed by atoms with Crippen molar-refractivity contribution in [2.24, 2.45) is 0 Å². The maximum atomic E-state index is 13.9. The molecular weight excluding hydrogens is 255 g/mol. The standard InChI is InChI=1S/C16H13FN2O/c1-10-6-8-11(9-7-10)14-15(19-20-16(14)18)12-4-2-3-5-13(12)17/h2-9H,18H2,1H3. The number of nitrogen functional groups attached to an aromatic ring is 1. The molecule has 0 radical (unpaired) electrons. The van der Waals surface area contributed by atoms with Crippen LogP contribution in [0.3, 0.4) is 0 Å². The third-order valence-electron chi connectivity index (χ3n) is 3.19. The van der Waals surface area contributed by atoms with Gasteiger partial charge in [-0.25, -0.2) is 4.39 Å². The SMILES string of the molecule is Cc1ccc(-c2c(-c3ccccc3F)noc2N)cc1. The van der Waals surface area contributed by atoms with E-state index in [0.29, 0.717) is 16.8 Å². The van der Waals surface area contributed by atoms with Crippen LogP contribution in [-0.4, -0.2) is 5.16 Å². The molecule has 0 fully saturated rings. The lowest BCUT2D eigenvalue weighted by Gasteiger charge is -2.04. The Morgan fingerprint density at radius 1 is 1.05 bits per heavy atom. The Morgan fingerprint density at radius 3 is 2.45 bits per heavy atom. The van der Waals surface area contributed by atoms with Gasteiger partial charge in [0.2, 0.25) is 5.88 Å². The van der Waals surface area contributed by atoms with Crippen molar-refractivity contribution in [3.05, 3.63) is 59.9 Å². The normalized spacial score (nSPS) is 10.7. The molecule has 0 aliphatic carbocycles. The first-order chi connectivity index (χ1) is 9.66. The van der Waals surface area contributed by atoms with Crippen LogP contribution < -0.4 is 5.73 Å². The first kappa shape index (κ1) is 12.4. The number of aromatic nitrogens is 1. The lowest BCUT2D eigenvalue weighted by molar-refractivity contribution is 0.439. The summed E-state index contributed by atoms with van der Waals surface area (Å²) in [5.41, 5.74) is 9.26. The van der Waals surface area contributed by atoms with Gasteiger partial charge in [-0.1, -0.05) is 47.1 Å². The van der Waals surface area contributed by atoms with Crippen LogP contribution in [0.4, 0.5) is 10.3 Å². The Balaban J connectivity index is 2.20. The molecule has 0 aliphatic heterocycles. The summed E-state index contributed by atoms with van der Waals surface area (Å²) in [4.78, 5) is 0. The molecule has 1 aromatic heterocycles. The van der Waals surface area contributed by atoms with Gasteiger partial charge in [-0.05, 0) is 24.6 Å². The van der Waals surface area contributed by atoms with Gasteiger partial charge in [-0.3, -0.25) is 0 Å². The summed E-state index contributed by atoms with van der Waals surface area (Å²) in [7, 11) is 0. The van der Waals surface area contributed by atoms with Crippen LogP contribution in [0.1, 0.15) is 5.56 Å². The van der Waals surface area contributed by atoms with Crippen molar-refractivity contribution in [2.75, 3.05) is 5.73 Å². The molecule has 0 spiro atoms. The Hall–Kier alpha value is -2.62. The zero-order valence-corrected chi connectivity index (χ0v) is 10.9. The van der Waals surface area contributed by atoms with Crippen LogP contribution in [0, 0.1) is 12.7 Å². The number of aryl methyl sites for hydroxylation is 1. The first-order valence-corrected chi connectivity index (χ1v) is 6.24. The van der Waals surface area contributed by atoms with Crippen molar-refractivity contribution in [3.8, 4) is 22.4 Å². The highest BCUT2D eigenvalue weighted by molar-refractivity contribution is 5.86. The van der Waals surface area contributed by atoms with E-state index in [4.69, 9.17) is 10.3 Å². The molecule has 2 aromatic carbocycles. The van der Waals surface area contributed by atoms with E-state index < -0.39 is 0 Å². The maximum absolute atomic E-state index is 13.9. The van der Waals surface area contributed by atoms with E-state index in [1.807, 2.05) is 31.2 Å². The lowest BCUT2D eigenvalue weighted by Crippen LogP contribution is -1.90. The minimum absolute atomic E-state index is 0.187. The zero-order chi connectivity index (χ0) is 14.1. The summed E-state index contributed by atoms with van der Waals surface area (Å²) < 4.78 is 19.0. The predicted molar refractivity (Wildman–Crippen MR) is 76.5 cm³/mol. The van der Waals surface area contributed by atoms with Crippen LogP contribution in [0.15, 0.2) is 53.1 Å². The molecule has 3 nitrogen and oxygen atoms in total. The monoisotopic (exact) mass is 268 g/mol. The van der Waals surface area contributed by atoms with Crippen LogP contribution in [0.5, 0.6) is 0 Å². The van der Waals surface area contributed by atoms with Gasteiger partial charge in [-0.15, -0.1) is 0 Å². The van der Waals surface area contributed by atoms with Gasteiger partial charge >= 0.3 is 0 Å². The minimum Gasteiger partial charge on any atom is -0.367 e. The second kappa shape index (κ2) is 4.81. The molecule has 0 saturated heterocycles. The molecule has 4 heteroatoms. The van der Waals surface area contributed by atoms with Crippen molar-refractivity contribution in [3.63, 3.8) is 0 Å². The fourth-order valence-corrected chi connectivity index (χ4v) is 2.14. The molecular formula is C16H13FN2O. The summed E-state index contributed by atoms with van der Waals surface area (Å²) in [5.74, 6) is -0.165. The Kier molecular flexibility index (Phi) is 2.99. The third-order valence-corrected chi connectivity index (χ3v) is 3.19. The van der Waals surface area contributed by atoms with E-state index in [0.717, 1.165) is 11.1 Å². The Bertz CT molecular complexity index is 747. The first-order valence-electron chi connectivity index (χ1n) is 6.24. The number of nitrogens with two attached hydrogens (primary N) is 1. The van der Waals surface area contributed by atoms with E-state index in [1.165, 1.54) is 6.07 Å². The third kappa shape index (κ3) is 2.05. The molecule has 3 rings (SSSR count). The van der Waals surface area contributed by atoms with Crippen molar-refractivity contribution >= 4 is 5.88 Å². The van der Waals surface area contributed by atoms with Crippen LogP contribution in [0.2, 0.25) is 0 Å². The van der Waals surface area contributed by atoms with Crippen molar-refractivity contribution in [1.82, 2.24) is 5.16 Å². The zero-order valence-electron chi connectivity index (χ0n) is 10.9. The highest BCUT2D eigenvalue weighted by Crippen LogP contribution is 2.37. The van der Waals surface area contributed by atoms with E-state index in [9.17, 15) is 4.39 Å². The van der Waals surface area contributed by atoms with Crippen molar-refractivity contribution in [1.29, 1.82) is 0 Å².